The molecule has 2 atom stereocenters. The largest absolute Gasteiger partial charge is 0.497 e. The molecule has 0 radical (unpaired) electrons. The van der Waals surface area contributed by atoms with Crippen molar-refractivity contribution in [2.45, 2.75) is 17.9 Å². The number of methoxy groups -OCH3 is 1. The van der Waals surface area contributed by atoms with Crippen LogP contribution in [-0.4, -0.2) is 39.0 Å². The Hall–Kier alpha value is -1.11. The lowest BCUT2D eigenvalue weighted by Crippen LogP contribution is -2.32. The molecule has 5 nitrogen and oxygen atoms in total. The summed E-state index contributed by atoms with van der Waals surface area (Å²) in [7, 11) is -1.95. The highest BCUT2D eigenvalue weighted by Crippen LogP contribution is 2.25. The Kier molecular flexibility index (Phi) is 3.61. The number of hydrogen-bond acceptors (Lipinski definition) is 4. The molecule has 1 aliphatic heterocycles. The molecule has 1 aromatic rings. The van der Waals surface area contributed by atoms with Gasteiger partial charge in [0.05, 0.1) is 12.0 Å². The van der Waals surface area contributed by atoms with Gasteiger partial charge in [0.2, 0.25) is 10.0 Å². The standard InChI is InChI=1S/C12H18N2O3S/c1-9-7-14(8-12(9)13)18(15,16)11-5-3-4-10(6-11)17-2/h3-6,9,12H,7-8,13H2,1-2H3. The molecule has 1 saturated heterocycles. The summed E-state index contributed by atoms with van der Waals surface area (Å²) >= 11 is 0. The molecule has 0 amide bonds. The summed E-state index contributed by atoms with van der Waals surface area (Å²) in [6.07, 6.45) is 0. The maximum absolute atomic E-state index is 12.4. The normalized spacial score (nSPS) is 25.3. The van der Waals surface area contributed by atoms with E-state index in [0.717, 1.165) is 0 Å². The third-order valence-electron chi connectivity index (χ3n) is 3.32. The first-order chi connectivity index (χ1) is 8.45. The summed E-state index contributed by atoms with van der Waals surface area (Å²) in [5, 5.41) is 0. The molecule has 18 heavy (non-hydrogen) atoms. The molecular weight excluding hydrogens is 252 g/mol. The van der Waals surface area contributed by atoms with Crippen LogP contribution in [0.5, 0.6) is 5.75 Å². The van der Waals surface area contributed by atoms with Crippen LogP contribution in [0.15, 0.2) is 29.2 Å². The first kappa shape index (κ1) is 13.3. The summed E-state index contributed by atoms with van der Waals surface area (Å²) in [5.41, 5.74) is 5.87. The van der Waals surface area contributed by atoms with Crippen molar-refractivity contribution < 1.29 is 13.2 Å². The maximum atomic E-state index is 12.4. The predicted molar refractivity (Wildman–Crippen MR) is 68.9 cm³/mol. The van der Waals surface area contributed by atoms with Crippen molar-refractivity contribution in [3.8, 4) is 5.75 Å². The Balaban J connectivity index is 2.31. The van der Waals surface area contributed by atoms with Crippen LogP contribution >= 0.6 is 0 Å². The fourth-order valence-electron chi connectivity index (χ4n) is 2.05. The summed E-state index contributed by atoms with van der Waals surface area (Å²) in [6, 6.07) is 6.41. The zero-order valence-electron chi connectivity index (χ0n) is 10.5. The van der Waals surface area contributed by atoms with Gasteiger partial charge >= 0.3 is 0 Å². The highest BCUT2D eigenvalue weighted by atomic mass is 32.2. The molecule has 100 valence electrons. The topological polar surface area (TPSA) is 72.6 Å². The van der Waals surface area contributed by atoms with Gasteiger partial charge in [-0.2, -0.15) is 4.31 Å². The maximum Gasteiger partial charge on any atom is 0.243 e. The summed E-state index contributed by atoms with van der Waals surface area (Å²) < 4.78 is 31.3. The van der Waals surface area contributed by atoms with Crippen molar-refractivity contribution in [3.05, 3.63) is 24.3 Å². The third kappa shape index (κ3) is 2.36. The summed E-state index contributed by atoms with van der Waals surface area (Å²) in [6.45, 7) is 2.81. The smallest absolute Gasteiger partial charge is 0.243 e. The zero-order valence-corrected chi connectivity index (χ0v) is 11.4. The van der Waals surface area contributed by atoms with Crippen LogP contribution in [-0.2, 0) is 10.0 Å². The van der Waals surface area contributed by atoms with E-state index in [1.54, 1.807) is 18.2 Å². The van der Waals surface area contributed by atoms with Gasteiger partial charge in [-0.3, -0.25) is 0 Å². The van der Waals surface area contributed by atoms with Crippen molar-refractivity contribution >= 4 is 10.0 Å². The van der Waals surface area contributed by atoms with Crippen molar-refractivity contribution in [1.82, 2.24) is 4.31 Å². The van der Waals surface area contributed by atoms with Crippen LogP contribution < -0.4 is 10.5 Å². The Morgan fingerprint density at radius 1 is 1.39 bits per heavy atom. The second-order valence-corrected chi connectivity index (χ2v) is 6.58. The van der Waals surface area contributed by atoms with E-state index in [1.165, 1.54) is 17.5 Å². The predicted octanol–water partition coefficient (Wildman–Crippen LogP) is 0.663. The van der Waals surface area contributed by atoms with Gasteiger partial charge in [-0.15, -0.1) is 0 Å². The van der Waals surface area contributed by atoms with E-state index in [2.05, 4.69) is 0 Å². The van der Waals surface area contributed by atoms with Crippen LogP contribution in [0.3, 0.4) is 0 Å². The average molecular weight is 270 g/mol. The molecule has 0 saturated carbocycles. The van der Waals surface area contributed by atoms with E-state index >= 15 is 0 Å². The number of nitrogens with two attached hydrogens (primary N) is 1. The Morgan fingerprint density at radius 3 is 2.67 bits per heavy atom. The van der Waals surface area contributed by atoms with E-state index in [9.17, 15) is 8.42 Å². The number of ether oxygens (including phenoxy) is 1. The molecule has 2 N–H and O–H groups in total. The highest BCUT2D eigenvalue weighted by Gasteiger charge is 2.35. The quantitative estimate of drug-likeness (QED) is 0.876. The van der Waals surface area contributed by atoms with E-state index < -0.39 is 10.0 Å². The van der Waals surface area contributed by atoms with Crippen molar-refractivity contribution in [3.63, 3.8) is 0 Å². The lowest BCUT2D eigenvalue weighted by molar-refractivity contribution is 0.412. The van der Waals surface area contributed by atoms with E-state index in [4.69, 9.17) is 10.5 Å². The molecule has 0 aliphatic carbocycles. The Labute approximate surface area is 108 Å². The number of nitrogens with zero attached hydrogens (tertiary/aromatic N) is 1. The Morgan fingerprint density at radius 2 is 2.11 bits per heavy atom. The fraction of sp³-hybridized carbons (Fsp3) is 0.500. The van der Waals surface area contributed by atoms with Gasteiger partial charge in [0, 0.05) is 25.2 Å². The lowest BCUT2D eigenvalue weighted by Gasteiger charge is -2.16. The minimum Gasteiger partial charge on any atom is -0.497 e. The van der Waals surface area contributed by atoms with Crippen molar-refractivity contribution in [2.24, 2.45) is 11.7 Å². The first-order valence-electron chi connectivity index (χ1n) is 5.85. The van der Waals surface area contributed by atoms with Gasteiger partial charge in [0.15, 0.2) is 0 Å². The number of hydrogen-bond donors (Lipinski definition) is 1. The van der Waals surface area contributed by atoms with E-state index in [-0.39, 0.29) is 16.9 Å². The van der Waals surface area contributed by atoms with E-state index in [1.807, 2.05) is 6.92 Å². The zero-order chi connectivity index (χ0) is 13.3. The van der Waals surface area contributed by atoms with Gasteiger partial charge in [-0.1, -0.05) is 13.0 Å². The van der Waals surface area contributed by atoms with Gasteiger partial charge in [0.25, 0.3) is 0 Å². The number of rotatable bonds is 3. The molecule has 0 aromatic heterocycles. The highest BCUT2D eigenvalue weighted by molar-refractivity contribution is 7.89. The third-order valence-corrected chi connectivity index (χ3v) is 5.14. The summed E-state index contributed by atoms with van der Waals surface area (Å²) in [5.74, 6) is 0.720. The number of sulfonamides is 1. The average Bonchev–Trinajstić information content (AvgIpc) is 2.70. The van der Waals surface area contributed by atoms with Gasteiger partial charge in [-0.25, -0.2) is 8.42 Å². The van der Waals surface area contributed by atoms with Crippen molar-refractivity contribution in [1.29, 1.82) is 0 Å². The number of benzene rings is 1. The van der Waals surface area contributed by atoms with Crippen LogP contribution in [0.4, 0.5) is 0 Å². The minimum absolute atomic E-state index is 0.0922. The van der Waals surface area contributed by atoms with Gasteiger partial charge in [0.1, 0.15) is 5.75 Å². The Bertz CT molecular complexity index is 520. The van der Waals surface area contributed by atoms with Crippen LogP contribution in [0, 0.1) is 5.92 Å². The SMILES string of the molecule is COc1cccc(S(=O)(=O)N2CC(C)C(N)C2)c1. The monoisotopic (exact) mass is 270 g/mol. The minimum atomic E-state index is -3.46. The molecule has 1 heterocycles. The molecular formula is C12H18N2O3S. The van der Waals surface area contributed by atoms with Crippen LogP contribution in [0.1, 0.15) is 6.92 Å². The second kappa shape index (κ2) is 4.87. The lowest BCUT2D eigenvalue weighted by atomic mass is 10.1. The second-order valence-electron chi connectivity index (χ2n) is 4.64. The molecule has 2 unspecified atom stereocenters. The van der Waals surface area contributed by atoms with Gasteiger partial charge < -0.3 is 10.5 Å². The molecule has 2 rings (SSSR count). The first-order valence-corrected chi connectivity index (χ1v) is 7.29. The molecule has 0 spiro atoms. The summed E-state index contributed by atoms with van der Waals surface area (Å²) in [4.78, 5) is 0.253. The van der Waals surface area contributed by atoms with Crippen molar-refractivity contribution in [2.75, 3.05) is 20.2 Å². The molecule has 1 fully saturated rings. The fourth-order valence-corrected chi connectivity index (χ4v) is 3.67. The molecule has 1 aromatic carbocycles. The van der Waals surface area contributed by atoms with Crippen LogP contribution in [0.2, 0.25) is 0 Å². The van der Waals surface area contributed by atoms with Gasteiger partial charge in [-0.05, 0) is 18.1 Å². The molecule has 1 aliphatic rings. The molecule has 0 bridgehead atoms. The van der Waals surface area contributed by atoms with Crippen LogP contribution in [0.25, 0.3) is 0 Å². The van der Waals surface area contributed by atoms with E-state index in [0.29, 0.717) is 18.8 Å². The molecule has 6 heteroatoms.